The highest BCUT2D eigenvalue weighted by Gasteiger charge is 2.23. The Bertz CT molecular complexity index is 1240. The molecule has 1 N–H and O–H groups in total. The standard InChI is InChI=1S/C22H17F2N3OS2/c1-11-6-4-7-14(10-11)20-19(18-12(2)29-13(3)25-18)26-22(30-20)27-21(28)17-15(23)8-5-9-16(17)24/h4-10H,1-3H3,(H,26,27,28). The van der Waals surface area contributed by atoms with Crippen molar-refractivity contribution in [3.63, 3.8) is 0 Å². The molecule has 2 aromatic carbocycles. The van der Waals surface area contributed by atoms with Crippen LogP contribution in [0.5, 0.6) is 0 Å². The first-order chi connectivity index (χ1) is 14.3. The zero-order chi connectivity index (χ0) is 21.4. The Morgan fingerprint density at radius 3 is 2.27 bits per heavy atom. The van der Waals surface area contributed by atoms with E-state index in [0.717, 1.165) is 43.7 Å². The highest BCUT2D eigenvalue weighted by atomic mass is 32.1. The maximum atomic E-state index is 14.0. The van der Waals surface area contributed by atoms with E-state index in [-0.39, 0.29) is 5.13 Å². The number of amides is 1. The first-order valence-corrected chi connectivity index (χ1v) is 10.7. The predicted molar refractivity (Wildman–Crippen MR) is 117 cm³/mol. The second-order valence-electron chi connectivity index (χ2n) is 6.75. The van der Waals surface area contributed by atoms with Crippen molar-refractivity contribution in [2.45, 2.75) is 20.8 Å². The molecule has 0 bridgehead atoms. The average molecular weight is 442 g/mol. The van der Waals surface area contributed by atoms with Crippen LogP contribution in [0, 0.1) is 32.4 Å². The molecule has 0 aliphatic rings. The molecular weight excluding hydrogens is 424 g/mol. The lowest BCUT2D eigenvalue weighted by molar-refractivity contribution is 0.101. The Morgan fingerprint density at radius 1 is 0.933 bits per heavy atom. The summed E-state index contributed by atoms with van der Waals surface area (Å²) in [5.41, 5.74) is 2.76. The van der Waals surface area contributed by atoms with Gasteiger partial charge in [0.05, 0.1) is 9.88 Å². The summed E-state index contributed by atoms with van der Waals surface area (Å²) in [6, 6.07) is 11.2. The van der Waals surface area contributed by atoms with Crippen LogP contribution in [0.15, 0.2) is 42.5 Å². The van der Waals surface area contributed by atoms with Gasteiger partial charge in [-0.25, -0.2) is 18.7 Å². The number of carbonyl (C=O) groups is 1. The molecule has 0 fully saturated rings. The molecule has 4 rings (SSSR count). The Labute approximate surface area is 180 Å². The quantitative estimate of drug-likeness (QED) is 0.399. The molecular formula is C22H17F2N3OS2. The van der Waals surface area contributed by atoms with Crippen LogP contribution in [0.2, 0.25) is 0 Å². The van der Waals surface area contributed by atoms with Gasteiger partial charge in [0.25, 0.3) is 5.91 Å². The molecule has 0 atom stereocenters. The second kappa shape index (κ2) is 8.04. The van der Waals surface area contributed by atoms with Crippen molar-refractivity contribution >= 4 is 33.7 Å². The fourth-order valence-corrected chi connectivity index (χ4v) is 4.92. The highest BCUT2D eigenvalue weighted by Crippen LogP contribution is 2.41. The summed E-state index contributed by atoms with van der Waals surface area (Å²) in [5, 5.41) is 3.70. The Balaban J connectivity index is 1.79. The molecule has 8 heteroatoms. The van der Waals surface area contributed by atoms with Gasteiger partial charge in [0.15, 0.2) is 5.13 Å². The van der Waals surface area contributed by atoms with E-state index in [1.54, 1.807) is 11.3 Å². The van der Waals surface area contributed by atoms with E-state index < -0.39 is 23.1 Å². The van der Waals surface area contributed by atoms with Crippen molar-refractivity contribution in [2.75, 3.05) is 5.32 Å². The third-order valence-corrected chi connectivity index (χ3v) is 6.35. The number of hydrogen-bond donors (Lipinski definition) is 1. The molecule has 2 heterocycles. The summed E-state index contributed by atoms with van der Waals surface area (Å²) in [6.45, 7) is 5.88. The van der Waals surface area contributed by atoms with E-state index in [0.29, 0.717) is 5.69 Å². The molecule has 0 saturated carbocycles. The van der Waals surface area contributed by atoms with Crippen LogP contribution in [0.25, 0.3) is 21.8 Å². The second-order valence-corrected chi connectivity index (χ2v) is 9.16. The summed E-state index contributed by atoms with van der Waals surface area (Å²) in [6.07, 6.45) is 0. The van der Waals surface area contributed by atoms with Crippen LogP contribution in [0.3, 0.4) is 0 Å². The highest BCUT2D eigenvalue weighted by molar-refractivity contribution is 7.19. The fourth-order valence-electron chi connectivity index (χ4n) is 3.14. The maximum absolute atomic E-state index is 14.0. The lowest BCUT2D eigenvalue weighted by Crippen LogP contribution is -2.15. The van der Waals surface area contributed by atoms with Crippen molar-refractivity contribution in [3.05, 3.63) is 75.1 Å². The van der Waals surface area contributed by atoms with Gasteiger partial charge in [-0.15, -0.1) is 11.3 Å². The summed E-state index contributed by atoms with van der Waals surface area (Å²) >= 11 is 2.81. The average Bonchev–Trinajstić information content (AvgIpc) is 3.24. The number of carbonyl (C=O) groups excluding carboxylic acids is 1. The number of halogens is 2. The first kappa shape index (κ1) is 20.3. The molecule has 4 aromatic rings. The van der Waals surface area contributed by atoms with Gasteiger partial charge in [0, 0.05) is 4.88 Å². The minimum Gasteiger partial charge on any atom is -0.298 e. The Kier molecular flexibility index (Phi) is 5.44. The number of aromatic nitrogens is 2. The fraction of sp³-hybridized carbons (Fsp3) is 0.136. The lowest BCUT2D eigenvalue weighted by atomic mass is 10.1. The van der Waals surface area contributed by atoms with Gasteiger partial charge in [0.2, 0.25) is 0 Å². The molecule has 30 heavy (non-hydrogen) atoms. The molecule has 0 saturated heterocycles. The van der Waals surface area contributed by atoms with Crippen LogP contribution < -0.4 is 5.32 Å². The molecule has 0 spiro atoms. The van der Waals surface area contributed by atoms with Gasteiger partial charge in [0.1, 0.15) is 28.6 Å². The van der Waals surface area contributed by atoms with Crippen molar-refractivity contribution < 1.29 is 13.6 Å². The normalized spacial score (nSPS) is 11.0. The Hall–Kier alpha value is -2.97. The zero-order valence-electron chi connectivity index (χ0n) is 16.4. The molecule has 1 amide bonds. The number of nitrogens with zero attached hydrogens (tertiary/aromatic N) is 2. The molecule has 0 radical (unpaired) electrons. The monoisotopic (exact) mass is 441 g/mol. The summed E-state index contributed by atoms with van der Waals surface area (Å²) < 4.78 is 28.0. The molecule has 0 unspecified atom stereocenters. The van der Waals surface area contributed by atoms with E-state index in [2.05, 4.69) is 15.3 Å². The van der Waals surface area contributed by atoms with Gasteiger partial charge in [-0.1, -0.05) is 47.2 Å². The van der Waals surface area contributed by atoms with Gasteiger partial charge >= 0.3 is 0 Å². The number of nitrogens with one attached hydrogen (secondary N) is 1. The molecule has 0 aliphatic carbocycles. The zero-order valence-corrected chi connectivity index (χ0v) is 18.0. The summed E-state index contributed by atoms with van der Waals surface area (Å²) in [4.78, 5) is 23.5. The lowest BCUT2D eigenvalue weighted by Gasteiger charge is -2.04. The number of aryl methyl sites for hydroxylation is 3. The summed E-state index contributed by atoms with van der Waals surface area (Å²) in [5.74, 6) is -2.73. The number of rotatable bonds is 4. The molecule has 4 nitrogen and oxygen atoms in total. The van der Waals surface area contributed by atoms with Crippen LogP contribution in [-0.2, 0) is 0 Å². The van der Waals surface area contributed by atoms with Crippen LogP contribution >= 0.6 is 22.7 Å². The largest absolute Gasteiger partial charge is 0.298 e. The minimum atomic E-state index is -0.922. The van der Waals surface area contributed by atoms with Gasteiger partial charge in [-0.05, 0) is 38.5 Å². The van der Waals surface area contributed by atoms with Gasteiger partial charge in [-0.3, -0.25) is 10.1 Å². The molecule has 0 aliphatic heterocycles. The van der Waals surface area contributed by atoms with E-state index in [9.17, 15) is 13.6 Å². The van der Waals surface area contributed by atoms with E-state index in [4.69, 9.17) is 0 Å². The number of hydrogen-bond acceptors (Lipinski definition) is 5. The van der Waals surface area contributed by atoms with Crippen LogP contribution in [0.4, 0.5) is 13.9 Å². The van der Waals surface area contributed by atoms with Crippen molar-refractivity contribution in [1.29, 1.82) is 0 Å². The number of anilines is 1. The van der Waals surface area contributed by atoms with Crippen molar-refractivity contribution in [2.24, 2.45) is 0 Å². The van der Waals surface area contributed by atoms with Crippen molar-refractivity contribution in [3.8, 4) is 21.8 Å². The van der Waals surface area contributed by atoms with Gasteiger partial charge in [-0.2, -0.15) is 0 Å². The maximum Gasteiger partial charge on any atom is 0.263 e. The molecule has 152 valence electrons. The SMILES string of the molecule is Cc1cccc(-c2sc(NC(=O)c3c(F)cccc3F)nc2-c2nc(C)sc2C)c1. The smallest absolute Gasteiger partial charge is 0.263 e. The third kappa shape index (κ3) is 3.88. The minimum absolute atomic E-state index is 0.249. The molecule has 2 aromatic heterocycles. The van der Waals surface area contributed by atoms with E-state index in [1.165, 1.54) is 17.4 Å². The van der Waals surface area contributed by atoms with Crippen molar-refractivity contribution in [1.82, 2.24) is 9.97 Å². The first-order valence-electron chi connectivity index (χ1n) is 9.11. The van der Waals surface area contributed by atoms with Crippen LogP contribution in [-0.4, -0.2) is 15.9 Å². The third-order valence-electron chi connectivity index (χ3n) is 4.45. The number of thiazole rings is 2. The summed E-state index contributed by atoms with van der Waals surface area (Å²) in [7, 11) is 0. The van der Waals surface area contributed by atoms with E-state index in [1.807, 2.05) is 45.0 Å². The Morgan fingerprint density at radius 2 is 1.63 bits per heavy atom. The van der Waals surface area contributed by atoms with E-state index >= 15 is 0 Å². The topological polar surface area (TPSA) is 54.9 Å². The number of benzene rings is 2. The van der Waals surface area contributed by atoms with Gasteiger partial charge < -0.3 is 0 Å². The van der Waals surface area contributed by atoms with Crippen LogP contribution in [0.1, 0.15) is 25.8 Å². The predicted octanol–water partition coefficient (Wildman–Crippen LogP) is 6.39.